The molecule has 0 radical (unpaired) electrons. The third kappa shape index (κ3) is 60.5. The molecule has 0 bridgehead atoms. The molecule has 0 fully saturated rings. The van der Waals surface area contributed by atoms with Gasteiger partial charge in [0.25, 0.3) is 6.29 Å². The second-order valence-corrected chi connectivity index (χ2v) is 23.0. The number of aliphatic carboxylic acids is 1. The highest BCUT2D eigenvalue weighted by Crippen LogP contribution is 2.18. The van der Waals surface area contributed by atoms with Crippen LogP contribution in [0.4, 0.5) is 0 Å². The zero-order chi connectivity index (χ0) is 56.2. The molecule has 0 aromatic carbocycles. The van der Waals surface area contributed by atoms with Gasteiger partial charge < -0.3 is 28.5 Å². The Kier molecular flexibility index (Phi) is 56.8. The maximum absolute atomic E-state index is 12.9. The van der Waals surface area contributed by atoms with Gasteiger partial charge in [0.15, 0.2) is 6.10 Å². The third-order valence-electron chi connectivity index (χ3n) is 14.3. The number of hydrogen-bond donors (Lipinski definition) is 1. The Labute approximate surface area is 475 Å². The lowest BCUT2D eigenvalue weighted by Crippen LogP contribution is -2.40. The van der Waals surface area contributed by atoms with Crippen LogP contribution in [-0.4, -0.2) is 87.4 Å². The minimum absolute atomic E-state index is 0.183. The summed E-state index contributed by atoms with van der Waals surface area (Å²) in [6, 6.07) is 0. The molecular weight excluding hydrogens is 959 g/mol. The van der Waals surface area contributed by atoms with Gasteiger partial charge >= 0.3 is 17.9 Å². The van der Waals surface area contributed by atoms with E-state index in [1.807, 2.05) is 21.1 Å². The average molecular weight is 1080 g/mol. The van der Waals surface area contributed by atoms with Crippen LogP contribution < -0.4 is 0 Å². The van der Waals surface area contributed by atoms with E-state index in [1.54, 1.807) is 0 Å². The van der Waals surface area contributed by atoms with Gasteiger partial charge in [0, 0.05) is 12.8 Å². The molecule has 2 atom stereocenters. The van der Waals surface area contributed by atoms with Gasteiger partial charge in [0.2, 0.25) is 0 Å². The summed E-state index contributed by atoms with van der Waals surface area (Å²) < 4.78 is 22.9. The Morgan fingerprint density at radius 1 is 0.403 bits per heavy atom. The Morgan fingerprint density at radius 3 is 1.12 bits per heavy atom. The average Bonchev–Trinajstić information content (AvgIpc) is 3.40. The van der Waals surface area contributed by atoms with Crippen molar-refractivity contribution in [3.63, 3.8) is 0 Å². The van der Waals surface area contributed by atoms with Crippen molar-refractivity contribution in [1.82, 2.24) is 0 Å². The molecule has 0 aliphatic heterocycles. The van der Waals surface area contributed by atoms with E-state index < -0.39 is 24.3 Å². The van der Waals surface area contributed by atoms with Crippen LogP contribution in [0.2, 0.25) is 0 Å². The summed E-state index contributed by atoms with van der Waals surface area (Å²) in [5.74, 6) is -2.00. The van der Waals surface area contributed by atoms with E-state index in [2.05, 4.69) is 74.6 Å². The maximum atomic E-state index is 12.9. The zero-order valence-corrected chi connectivity index (χ0v) is 51.1. The van der Waals surface area contributed by atoms with Gasteiger partial charge in [-0.15, -0.1) is 0 Å². The van der Waals surface area contributed by atoms with Crippen LogP contribution >= 0.6 is 0 Å². The minimum atomic E-state index is -1.51. The number of carbonyl (C=O) groups is 3. The smallest absolute Gasteiger partial charge is 0.361 e. The summed E-state index contributed by atoms with van der Waals surface area (Å²) in [5, 5.41) is 9.70. The van der Waals surface area contributed by atoms with Crippen molar-refractivity contribution < 1.29 is 42.9 Å². The molecule has 0 aromatic heterocycles. The van der Waals surface area contributed by atoms with Crippen LogP contribution in [0, 0.1) is 0 Å². The number of carboxylic acids is 1. The number of esters is 2. The van der Waals surface area contributed by atoms with Gasteiger partial charge in [0.1, 0.15) is 13.2 Å². The molecule has 448 valence electrons. The van der Waals surface area contributed by atoms with E-state index in [9.17, 15) is 19.5 Å². The van der Waals surface area contributed by atoms with Crippen molar-refractivity contribution in [3.05, 3.63) is 60.8 Å². The summed E-state index contributed by atoms with van der Waals surface area (Å²) in [5.41, 5.74) is 0. The fourth-order valence-electron chi connectivity index (χ4n) is 9.30. The van der Waals surface area contributed by atoms with Gasteiger partial charge in [-0.1, -0.05) is 267 Å². The van der Waals surface area contributed by atoms with Crippen molar-refractivity contribution in [1.29, 1.82) is 0 Å². The zero-order valence-electron chi connectivity index (χ0n) is 51.1. The van der Waals surface area contributed by atoms with Crippen molar-refractivity contribution in [2.24, 2.45) is 0 Å². The van der Waals surface area contributed by atoms with Gasteiger partial charge in [-0.05, 0) is 77.0 Å². The summed E-state index contributed by atoms with van der Waals surface area (Å²) >= 11 is 0. The number of carboxylic acid groups (broad SMARTS) is 1. The largest absolute Gasteiger partial charge is 0.477 e. The number of carbonyl (C=O) groups excluding carboxylic acids is 2. The molecule has 9 nitrogen and oxygen atoms in total. The summed E-state index contributed by atoms with van der Waals surface area (Å²) in [6.45, 7) is 4.77. The quantitative estimate of drug-likeness (QED) is 0.0211. The van der Waals surface area contributed by atoms with E-state index in [0.29, 0.717) is 17.4 Å². The Balaban J connectivity index is 3.93. The van der Waals surface area contributed by atoms with Gasteiger partial charge in [-0.25, -0.2) is 4.79 Å². The SMILES string of the molecule is CC/C=C\C/C=C\C/C=C\C/C=C\CCCCCCCCCCCCCCCCCCCCCCCCCCCCC(=O)OC(COC(=O)CCCCCCC/C=C\CCCCCC)COC(OCC[N+](C)(C)C)C(=O)O. The second kappa shape index (κ2) is 59.1. The molecule has 0 amide bonds. The number of hydrogen-bond acceptors (Lipinski definition) is 7. The monoisotopic (exact) mass is 1080 g/mol. The Bertz CT molecular complexity index is 1450. The van der Waals surface area contributed by atoms with E-state index >= 15 is 0 Å². The van der Waals surface area contributed by atoms with Gasteiger partial charge in [0.05, 0.1) is 34.4 Å². The molecule has 0 aliphatic rings. The molecule has 1 N–H and O–H groups in total. The highest BCUT2D eigenvalue weighted by molar-refractivity contribution is 5.71. The van der Waals surface area contributed by atoms with Crippen LogP contribution in [-0.2, 0) is 33.3 Å². The lowest BCUT2D eigenvalue weighted by Gasteiger charge is -2.25. The van der Waals surface area contributed by atoms with Crippen LogP contribution in [0.3, 0.4) is 0 Å². The first-order valence-electron chi connectivity index (χ1n) is 32.5. The topological polar surface area (TPSA) is 108 Å². The van der Waals surface area contributed by atoms with Crippen molar-refractivity contribution in [2.75, 3.05) is 47.5 Å². The lowest BCUT2D eigenvalue weighted by atomic mass is 10.0. The van der Waals surface area contributed by atoms with Gasteiger partial charge in [-0.2, -0.15) is 0 Å². The van der Waals surface area contributed by atoms with E-state index in [0.717, 1.165) is 83.5 Å². The molecule has 0 saturated heterocycles. The maximum Gasteiger partial charge on any atom is 0.361 e. The molecule has 77 heavy (non-hydrogen) atoms. The van der Waals surface area contributed by atoms with E-state index in [-0.39, 0.29) is 32.2 Å². The molecule has 9 heteroatoms. The first-order valence-corrected chi connectivity index (χ1v) is 32.5. The fraction of sp³-hybridized carbons (Fsp3) is 0.809. The Hall–Kier alpha value is -3.01. The first-order chi connectivity index (χ1) is 37.6. The number of nitrogens with zero attached hydrogens (tertiary/aromatic N) is 1. The molecule has 0 rings (SSSR count). The first kappa shape index (κ1) is 74.0. The van der Waals surface area contributed by atoms with Gasteiger partial charge in [-0.3, -0.25) is 9.59 Å². The van der Waals surface area contributed by atoms with Crippen LogP contribution in [0.15, 0.2) is 60.8 Å². The molecule has 0 heterocycles. The number of unbranched alkanes of at least 4 members (excludes halogenated alkanes) is 35. The van der Waals surface area contributed by atoms with E-state index in [1.165, 1.54) is 186 Å². The van der Waals surface area contributed by atoms with Crippen molar-refractivity contribution >= 4 is 17.9 Å². The standard InChI is InChI=1S/C68H123NO8/c1-6-8-10-12-14-16-18-20-21-22-23-24-25-26-27-28-29-30-31-32-33-34-35-36-37-38-39-40-41-42-43-44-45-47-49-51-53-55-57-59-66(71)77-64(63-76-68(67(72)73)74-61-60-69(3,4)5)62-75-65(70)58-56-54-52-50-48-46-19-17-15-13-11-9-7-2/h8,10,14,16-17,19-21,23-24,64,68H,6-7,9,11-13,15,18,22,25-63H2,1-5H3/p+1/b10-8-,16-14-,19-17-,21-20-,24-23-. The molecule has 0 spiro atoms. The van der Waals surface area contributed by atoms with Crippen LogP contribution in [0.5, 0.6) is 0 Å². The predicted molar refractivity (Wildman–Crippen MR) is 327 cm³/mol. The van der Waals surface area contributed by atoms with Crippen molar-refractivity contribution in [3.8, 4) is 0 Å². The summed E-state index contributed by atoms with van der Waals surface area (Å²) in [4.78, 5) is 37.4. The van der Waals surface area contributed by atoms with Crippen LogP contribution in [0.25, 0.3) is 0 Å². The van der Waals surface area contributed by atoms with E-state index in [4.69, 9.17) is 18.9 Å². The fourth-order valence-corrected chi connectivity index (χ4v) is 9.30. The minimum Gasteiger partial charge on any atom is -0.477 e. The Morgan fingerprint density at radius 2 is 0.740 bits per heavy atom. The second-order valence-electron chi connectivity index (χ2n) is 23.0. The third-order valence-corrected chi connectivity index (χ3v) is 14.3. The summed E-state index contributed by atoms with van der Waals surface area (Å²) in [6.07, 6.45) is 73.5. The number of rotatable bonds is 60. The number of ether oxygens (including phenoxy) is 4. The number of likely N-dealkylation sites (N-methyl/N-ethyl adjacent to an activating group) is 1. The molecule has 0 aliphatic carbocycles. The predicted octanol–water partition coefficient (Wildman–Crippen LogP) is 19.6. The van der Waals surface area contributed by atoms with Crippen LogP contribution in [0.1, 0.15) is 296 Å². The molecular formula is C68H124NO8+. The summed E-state index contributed by atoms with van der Waals surface area (Å²) in [7, 11) is 5.97. The highest BCUT2D eigenvalue weighted by atomic mass is 16.7. The number of allylic oxidation sites excluding steroid dienone is 10. The molecule has 2 unspecified atom stereocenters. The normalized spacial score (nSPS) is 13.1. The number of quaternary nitrogens is 1. The lowest BCUT2D eigenvalue weighted by molar-refractivity contribution is -0.870. The molecule has 0 saturated carbocycles. The highest BCUT2D eigenvalue weighted by Gasteiger charge is 2.25. The molecule has 0 aromatic rings. The van der Waals surface area contributed by atoms with Crippen molar-refractivity contribution in [2.45, 2.75) is 309 Å².